The molecule has 2 aromatic heterocycles. The van der Waals surface area contributed by atoms with Crippen LogP contribution in [0.1, 0.15) is 34.7 Å². The van der Waals surface area contributed by atoms with Gasteiger partial charge in [0.1, 0.15) is 0 Å². The molecule has 3 aliphatic rings. The number of hydrogen-bond acceptors (Lipinski definition) is 7. The van der Waals surface area contributed by atoms with Crippen LogP contribution in [0.25, 0.3) is 0 Å². The standard InChI is InChI=1S/C32H32FN9O2/c1-20(33)30(43)40-13-11-28(26-6-4-5-7-27(26)40)41-18-23-15-34-31(36-24-9-8-22-17-38(2)12-10-21(22)14-24)37-29(23)42(32(41)44)25-16-35-39(3)19-25/h4-9,14-16,19,28H,1,10-13,17-18H2,2-3H3,(H,34,36,37)/t28-/m0/s1. The third-order valence-electron chi connectivity index (χ3n) is 8.51. The van der Waals surface area contributed by atoms with Gasteiger partial charge in [0.2, 0.25) is 5.95 Å². The third kappa shape index (κ3) is 4.86. The summed E-state index contributed by atoms with van der Waals surface area (Å²) in [5, 5.41) is 7.64. The first-order valence-electron chi connectivity index (χ1n) is 14.5. The van der Waals surface area contributed by atoms with Crippen LogP contribution in [0, 0.1) is 0 Å². The maximum atomic E-state index is 14.4. The number of aromatic nitrogens is 4. The molecule has 224 valence electrons. The Morgan fingerprint density at radius 2 is 1.89 bits per heavy atom. The molecular weight excluding hydrogens is 561 g/mol. The second-order valence-electron chi connectivity index (χ2n) is 11.5. The van der Waals surface area contributed by atoms with Gasteiger partial charge in [0.05, 0.1) is 24.5 Å². The van der Waals surface area contributed by atoms with Crippen molar-refractivity contribution >= 4 is 40.8 Å². The lowest BCUT2D eigenvalue weighted by molar-refractivity contribution is -0.116. The average molecular weight is 594 g/mol. The highest BCUT2D eigenvalue weighted by Gasteiger charge is 2.41. The fourth-order valence-corrected chi connectivity index (χ4v) is 6.36. The lowest BCUT2D eigenvalue weighted by atomic mass is 9.94. The highest BCUT2D eigenvalue weighted by atomic mass is 19.1. The van der Waals surface area contributed by atoms with E-state index in [9.17, 15) is 14.0 Å². The molecule has 0 saturated heterocycles. The Morgan fingerprint density at radius 1 is 1.05 bits per heavy atom. The van der Waals surface area contributed by atoms with E-state index in [1.165, 1.54) is 16.0 Å². The van der Waals surface area contributed by atoms with E-state index >= 15 is 0 Å². The predicted octanol–water partition coefficient (Wildman–Crippen LogP) is 4.98. The van der Waals surface area contributed by atoms with E-state index in [-0.39, 0.29) is 25.2 Å². The maximum Gasteiger partial charge on any atom is 0.331 e. The highest BCUT2D eigenvalue weighted by Crippen LogP contribution is 2.43. The Hall–Kier alpha value is -5.10. The van der Waals surface area contributed by atoms with Crippen LogP contribution in [-0.2, 0) is 31.4 Å². The van der Waals surface area contributed by atoms with Crippen LogP contribution in [0.3, 0.4) is 0 Å². The number of carbonyl (C=O) groups excluding carboxylic acids is 2. The number of nitrogens with one attached hydrogen (secondary N) is 1. The fourth-order valence-electron chi connectivity index (χ4n) is 6.36. The van der Waals surface area contributed by atoms with Crippen molar-refractivity contribution in [1.82, 2.24) is 29.5 Å². The molecule has 11 nitrogen and oxygen atoms in total. The molecule has 2 aromatic carbocycles. The molecule has 3 amide bonds. The summed E-state index contributed by atoms with van der Waals surface area (Å²) < 4.78 is 15.5. The molecule has 0 saturated carbocycles. The van der Waals surface area contributed by atoms with Crippen LogP contribution < -0.4 is 15.1 Å². The Morgan fingerprint density at radius 3 is 2.68 bits per heavy atom. The van der Waals surface area contributed by atoms with Gasteiger partial charge in [-0.3, -0.25) is 9.48 Å². The molecule has 12 heteroatoms. The van der Waals surface area contributed by atoms with E-state index in [1.807, 2.05) is 18.2 Å². The zero-order chi connectivity index (χ0) is 30.5. The molecule has 0 bridgehead atoms. The van der Waals surface area contributed by atoms with Crippen molar-refractivity contribution in [1.29, 1.82) is 0 Å². The van der Waals surface area contributed by atoms with Gasteiger partial charge < -0.3 is 20.0 Å². The van der Waals surface area contributed by atoms with Crippen LogP contribution >= 0.6 is 0 Å². The van der Waals surface area contributed by atoms with Gasteiger partial charge in [0, 0.05) is 56.0 Å². The zero-order valence-corrected chi connectivity index (χ0v) is 24.6. The summed E-state index contributed by atoms with van der Waals surface area (Å²) in [4.78, 5) is 43.4. The molecule has 7 rings (SSSR count). The number of hydrogen-bond donors (Lipinski definition) is 1. The summed E-state index contributed by atoms with van der Waals surface area (Å²) >= 11 is 0. The lowest BCUT2D eigenvalue weighted by Crippen LogP contribution is -2.49. The van der Waals surface area contributed by atoms with Gasteiger partial charge in [0.25, 0.3) is 5.91 Å². The minimum Gasteiger partial charge on any atom is -0.324 e. The Balaban J connectivity index is 1.24. The first kappa shape index (κ1) is 27.7. The summed E-state index contributed by atoms with van der Waals surface area (Å²) in [7, 11) is 3.91. The number of amides is 3. The molecule has 0 spiro atoms. The topological polar surface area (TPSA) is 103 Å². The smallest absolute Gasteiger partial charge is 0.324 e. The zero-order valence-electron chi connectivity index (χ0n) is 24.6. The average Bonchev–Trinajstić information content (AvgIpc) is 3.45. The Labute approximate surface area is 254 Å². The van der Waals surface area contributed by atoms with Gasteiger partial charge in [-0.1, -0.05) is 30.8 Å². The van der Waals surface area contributed by atoms with E-state index in [1.54, 1.807) is 52.3 Å². The monoisotopic (exact) mass is 593 g/mol. The molecule has 5 heterocycles. The summed E-state index contributed by atoms with van der Waals surface area (Å²) in [6.45, 7) is 5.63. The van der Waals surface area contributed by atoms with Crippen LogP contribution in [-0.4, -0.2) is 61.6 Å². The van der Waals surface area contributed by atoms with Crippen molar-refractivity contribution in [2.45, 2.75) is 32.0 Å². The van der Waals surface area contributed by atoms with Gasteiger partial charge in [-0.25, -0.2) is 19.1 Å². The highest BCUT2D eigenvalue weighted by molar-refractivity contribution is 6.05. The number of carbonyl (C=O) groups is 2. The van der Waals surface area contributed by atoms with Crippen LogP contribution in [0.15, 0.2) is 73.5 Å². The number of anilines is 5. The van der Waals surface area contributed by atoms with Crippen LogP contribution in [0.2, 0.25) is 0 Å². The van der Waals surface area contributed by atoms with E-state index in [0.717, 1.165) is 36.3 Å². The number of rotatable bonds is 5. The lowest BCUT2D eigenvalue weighted by Gasteiger charge is -2.43. The molecule has 0 radical (unpaired) electrons. The van der Waals surface area contributed by atoms with E-state index < -0.39 is 11.7 Å². The second-order valence-corrected chi connectivity index (χ2v) is 11.5. The minimum absolute atomic E-state index is 0.239. The summed E-state index contributed by atoms with van der Waals surface area (Å²) in [5.74, 6) is -0.933. The summed E-state index contributed by atoms with van der Waals surface area (Å²) in [6, 6.07) is 12.9. The number of para-hydroxylation sites is 1. The molecule has 1 atom stereocenters. The van der Waals surface area contributed by atoms with Crippen molar-refractivity contribution in [3.05, 3.63) is 95.7 Å². The quantitative estimate of drug-likeness (QED) is 0.326. The van der Waals surface area contributed by atoms with Gasteiger partial charge in [-0.15, -0.1) is 0 Å². The molecule has 0 fully saturated rings. The van der Waals surface area contributed by atoms with Crippen molar-refractivity contribution < 1.29 is 14.0 Å². The Kier molecular flexibility index (Phi) is 6.85. The number of benzene rings is 2. The summed E-state index contributed by atoms with van der Waals surface area (Å²) in [6.07, 6.45) is 6.54. The second kappa shape index (κ2) is 10.9. The fraction of sp³-hybridized carbons (Fsp3) is 0.281. The number of halogens is 1. The molecule has 44 heavy (non-hydrogen) atoms. The van der Waals surface area contributed by atoms with E-state index in [0.29, 0.717) is 29.6 Å². The largest absolute Gasteiger partial charge is 0.331 e. The van der Waals surface area contributed by atoms with Gasteiger partial charge in [-0.2, -0.15) is 10.1 Å². The van der Waals surface area contributed by atoms with E-state index in [4.69, 9.17) is 4.98 Å². The van der Waals surface area contributed by atoms with Gasteiger partial charge >= 0.3 is 6.03 Å². The third-order valence-corrected chi connectivity index (χ3v) is 8.51. The van der Waals surface area contributed by atoms with Crippen molar-refractivity contribution in [2.75, 3.05) is 35.3 Å². The van der Waals surface area contributed by atoms with Gasteiger partial charge in [-0.05, 0) is 54.8 Å². The maximum absolute atomic E-state index is 14.4. The van der Waals surface area contributed by atoms with Crippen molar-refractivity contribution in [3.8, 4) is 0 Å². The van der Waals surface area contributed by atoms with Crippen LogP contribution in [0.4, 0.5) is 38.0 Å². The summed E-state index contributed by atoms with van der Waals surface area (Å²) in [5.41, 5.74) is 6.16. The molecular formula is C32H32FN9O2. The van der Waals surface area contributed by atoms with Crippen molar-refractivity contribution in [2.24, 2.45) is 7.05 Å². The molecule has 1 N–H and O–H groups in total. The molecule has 0 aliphatic carbocycles. The Bertz CT molecular complexity index is 1800. The normalized spacial score (nSPS) is 18.0. The SMILES string of the molecule is C=C(F)C(=O)N1CC[C@H](N2Cc3cnc(Nc4ccc5c(c4)CCN(C)C5)nc3N(c3cnn(C)c3)C2=O)c2ccccc21. The first-order chi connectivity index (χ1) is 21.3. The number of likely N-dealkylation sites (N-methyl/N-ethyl adjacent to an activating group) is 1. The van der Waals surface area contributed by atoms with Crippen molar-refractivity contribution in [3.63, 3.8) is 0 Å². The number of aryl methyl sites for hydroxylation is 1. The predicted molar refractivity (Wildman–Crippen MR) is 164 cm³/mol. The van der Waals surface area contributed by atoms with Gasteiger partial charge in [0.15, 0.2) is 11.6 Å². The molecule has 0 unspecified atom stereocenters. The molecule has 4 aromatic rings. The first-order valence-corrected chi connectivity index (χ1v) is 14.5. The number of fused-ring (bicyclic) bond motifs is 3. The molecule has 3 aliphatic heterocycles. The number of nitrogens with zero attached hydrogens (tertiary/aromatic N) is 8. The van der Waals surface area contributed by atoms with E-state index in [2.05, 4.69) is 46.1 Å². The minimum atomic E-state index is -1.02. The number of urea groups is 1. The van der Waals surface area contributed by atoms with Crippen LogP contribution in [0.5, 0.6) is 0 Å².